The van der Waals surface area contributed by atoms with E-state index in [1.807, 2.05) is 0 Å². The molecule has 0 bridgehead atoms. The molecule has 5 nitrogen and oxygen atoms in total. The Morgan fingerprint density at radius 3 is 2.12 bits per heavy atom. The van der Waals surface area contributed by atoms with E-state index < -0.39 is 17.9 Å². The Balaban J connectivity index is 2.39. The number of ether oxygens (including phenoxy) is 1. The number of nitrogens with zero attached hydrogens (tertiary/aromatic N) is 1. The highest BCUT2D eigenvalue weighted by Crippen LogP contribution is 2.20. The second kappa shape index (κ2) is 3.86. The Morgan fingerprint density at radius 1 is 1.19 bits per heavy atom. The standard InChI is InChI=1S/C11H9NO4/c1-2-16-11(15)12-9(13)7-5-3-4-6-8(7)10(12)14/h3-6H,2H2,1H3/q+1. The van der Waals surface area contributed by atoms with Crippen LogP contribution in [-0.2, 0) is 4.74 Å². The molecular formula is C11H9NO4+. The Morgan fingerprint density at radius 2 is 1.69 bits per heavy atom. The monoisotopic (exact) mass is 219 g/mol. The van der Waals surface area contributed by atoms with E-state index in [9.17, 15) is 14.4 Å². The Bertz CT molecular complexity index is 446. The third-order valence-corrected chi connectivity index (χ3v) is 2.24. The summed E-state index contributed by atoms with van der Waals surface area (Å²) in [5.74, 6) is -1.25. The van der Waals surface area contributed by atoms with E-state index in [-0.39, 0.29) is 17.7 Å². The Labute approximate surface area is 91.6 Å². The molecule has 0 atom stereocenters. The smallest absolute Gasteiger partial charge is 0.416 e. The van der Waals surface area contributed by atoms with Crippen LogP contribution in [0.3, 0.4) is 0 Å². The number of amides is 3. The molecule has 0 spiro atoms. The summed E-state index contributed by atoms with van der Waals surface area (Å²) < 4.78 is 4.64. The van der Waals surface area contributed by atoms with E-state index >= 15 is 0 Å². The minimum absolute atomic E-state index is 0.117. The highest BCUT2D eigenvalue weighted by molar-refractivity contribution is 6.31. The van der Waals surface area contributed by atoms with Gasteiger partial charge in [-0.2, -0.15) is 4.79 Å². The van der Waals surface area contributed by atoms with Crippen LogP contribution in [0.4, 0.5) is 4.79 Å². The van der Waals surface area contributed by atoms with E-state index in [1.165, 1.54) is 12.1 Å². The fourth-order valence-electron chi connectivity index (χ4n) is 1.54. The van der Waals surface area contributed by atoms with Gasteiger partial charge in [0.2, 0.25) is 0 Å². The maximum atomic E-state index is 11.7. The molecular weight excluding hydrogens is 210 g/mol. The van der Waals surface area contributed by atoms with Gasteiger partial charge in [-0.1, -0.05) is 12.1 Å². The van der Waals surface area contributed by atoms with Crippen molar-refractivity contribution in [3.8, 4) is 0 Å². The zero-order valence-corrected chi connectivity index (χ0v) is 8.60. The van der Waals surface area contributed by atoms with Crippen LogP contribution in [-0.4, -0.2) is 24.5 Å². The second-order valence-electron chi connectivity index (χ2n) is 3.19. The summed E-state index contributed by atoms with van der Waals surface area (Å²) in [4.78, 5) is 35.4. The number of benzene rings is 1. The molecule has 1 heterocycles. The molecule has 81 valence electrons. The minimum atomic E-state index is -0.922. The van der Waals surface area contributed by atoms with Crippen molar-refractivity contribution in [2.45, 2.75) is 6.92 Å². The predicted octanol–water partition coefficient (Wildman–Crippen LogP) is 1.28. The average Bonchev–Trinajstić information content (AvgIpc) is 2.53. The van der Waals surface area contributed by atoms with E-state index in [0.29, 0.717) is 4.90 Å². The molecule has 0 unspecified atom stereocenters. The van der Waals surface area contributed by atoms with Gasteiger partial charge in [-0.3, -0.25) is 0 Å². The summed E-state index contributed by atoms with van der Waals surface area (Å²) >= 11 is 0. The van der Waals surface area contributed by atoms with Gasteiger partial charge in [0.1, 0.15) is 11.1 Å². The topological polar surface area (TPSA) is 66.3 Å². The number of imide groups is 3. The molecule has 3 amide bonds. The van der Waals surface area contributed by atoms with Gasteiger partial charge >= 0.3 is 17.9 Å². The van der Waals surface area contributed by atoms with Gasteiger partial charge in [0, 0.05) is 0 Å². The highest BCUT2D eigenvalue weighted by atomic mass is 16.6. The molecule has 5 heteroatoms. The van der Waals surface area contributed by atoms with Crippen LogP contribution in [0, 0.1) is 0 Å². The molecule has 0 aliphatic carbocycles. The lowest BCUT2D eigenvalue weighted by Crippen LogP contribution is -2.42. The van der Waals surface area contributed by atoms with Gasteiger partial charge in [-0.25, -0.2) is 9.59 Å². The van der Waals surface area contributed by atoms with Crippen molar-refractivity contribution >= 4 is 17.9 Å². The lowest BCUT2D eigenvalue weighted by Gasteiger charge is -1.96. The minimum Gasteiger partial charge on any atom is -0.416 e. The molecule has 0 saturated heterocycles. The molecule has 2 rings (SSSR count). The number of carbonyl (C=O) groups excluding carboxylic acids is 3. The first kappa shape index (κ1) is 10.5. The summed E-state index contributed by atoms with van der Waals surface area (Å²) in [5.41, 5.74) is 0.473. The van der Waals surface area contributed by atoms with Crippen LogP contribution >= 0.6 is 0 Å². The third kappa shape index (κ3) is 1.42. The first-order valence-corrected chi connectivity index (χ1v) is 4.81. The molecule has 1 radical (unpaired) electrons. The first-order valence-electron chi connectivity index (χ1n) is 4.81. The molecule has 0 fully saturated rings. The number of rotatable bonds is 1. The van der Waals surface area contributed by atoms with E-state index in [2.05, 4.69) is 4.74 Å². The zero-order valence-electron chi connectivity index (χ0n) is 8.60. The number of hydrogen-bond acceptors (Lipinski definition) is 4. The molecule has 1 aliphatic heterocycles. The van der Waals surface area contributed by atoms with Crippen LogP contribution < -0.4 is 4.90 Å². The summed E-state index contributed by atoms with van der Waals surface area (Å²) in [7, 11) is 0. The van der Waals surface area contributed by atoms with Crippen LogP contribution in [0.25, 0.3) is 0 Å². The van der Waals surface area contributed by atoms with E-state index in [1.54, 1.807) is 19.1 Å². The van der Waals surface area contributed by atoms with Gasteiger partial charge in [-0.15, -0.1) is 0 Å². The lowest BCUT2D eigenvalue weighted by molar-refractivity contribution is 0.0723. The molecule has 0 aromatic heterocycles. The first-order chi connectivity index (χ1) is 7.66. The van der Waals surface area contributed by atoms with Crippen molar-refractivity contribution in [2.75, 3.05) is 6.61 Å². The number of hydrogen-bond donors (Lipinski definition) is 0. The van der Waals surface area contributed by atoms with Crippen LogP contribution in [0.2, 0.25) is 0 Å². The summed E-state index contributed by atoms with van der Waals surface area (Å²) in [6, 6.07) is 6.29. The van der Waals surface area contributed by atoms with Crippen molar-refractivity contribution in [1.82, 2.24) is 4.90 Å². The largest absolute Gasteiger partial charge is 0.584 e. The number of carbonyl (C=O) groups is 3. The molecule has 0 N–H and O–H groups in total. The zero-order chi connectivity index (χ0) is 11.7. The van der Waals surface area contributed by atoms with E-state index in [4.69, 9.17) is 0 Å². The summed E-state index contributed by atoms with van der Waals surface area (Å²) in [6.07, 6.45) is -0.922. The molecule has 0 saturated carbocycles. The fourth-order valence-corrected chi connectivity index (χ4v) is 1.54. The molecule has 16 heavy (non-hydrogen) atoms. The second-order valence-corrected chi connectivity index (χ2v) is 3.19. The number of fused-ring (bicyclic) bond motifs is 1. The highest BCUT2D eigenvalue weighted by Gasteiger charge is 2.54. The maximum Gasteiger partial charge on any atom is 0.584 e. The van der Waals surface area contributed by atoms with Gasteiger partial charge in [-0.05, 0) is 19.1 Å². The SMILES string of the molecule is CCOC(=O)[N+]1C(=O)c2ccccc2C1=O. The van der Waals surface area contributed by atoms with Gasteiger partial charge in [0.15, 0.2) is 0 Å². The van der Waals surface area contributed by atoms with Gasteiger partial charge in [0.25, 0.3) is 0 Å². The van der Waals surface area contributed by atoms with Gasteiger partial charge < -0.3 is 4.74 Å². The molecule has 1 aromatic rings. The van der Waals surface area contributed by atoms with Crippen molar-refractivity contribution in [3.05, 3.63) is 35.4 Å². The van der Waals surface area contributed by atoms with Crippen molar-refractivity contribution < 1.29 is 19.1 Å². The van der Waals surface area contributed by atoms with Gasteiger partial charge in [0.05, 0.1) is 11.5 Å². The Hall–Kier alpha value is -2.01. The molecule has 1 aromatic carbocycles. The van der Waals surface area contributed by atoms with Crippen LogP contribution in [0.1, 0.15) is 27.6 Å². The summed E-state index contributed by atoms with van der Waals surface area (Å²) in [6.45, 7) is 1.72. The van der Waals surface area contributed by atoms with Crippen LogP contribution in [0.5, 0.6) is 0 Å². The third-order valence-electron chi connectivity index (χ3n) is 2.24. The fraction of sp³-hybridized carbons (Fsp3) is 0.182. The van der Waals surface area contributed by atoms with Crippen molar-refractivity contribution in [1.29, 1.82) is 0 Å². The average molecular weight is 219 g/mol. The van der Waals surface area contributed by atoms with Crippen LogP contribution in [0.15, 0.2) is 24.3 Å². The molecule has 1 aliphatic rings. The van der Waals surface area contributed by atoms with Crippen molar-refractivity contribution in [3.63, 3.8) is 0 Å². The maximum absolute atomic E-state index is 11.7. The quantitative estimate of drug-likeness (QED) is 0.527. The Kier molecular flexibility index (Phi) is 2.54. The van der Waals surface area contributed by atoms with E-state index in [0.717, 1.165) is 0 Å². The lowest BCUT2D eigenvalue weighted by atomic mass is 10.1. The normalized spacial score (nSPS) is 15.1. The van der Waals surface area contributed by atoms with Crippen molar-refractivity contribution in [2.24, 2.45) is 0 Å². The predicted molar refractivity (Wildman–Crippen MR) is 54.3 cm³/mol. The summed E-state index contributed by atoms with van der Waals surface area (Å²) in [5, 5.41) is 0.